The molecule has 2 heteroatoms. The molecule has 0 fully saturated rings. The fourth-order valence-corrected chi connectivity index (χ4v) is 4.59. The van der Waals surface area contributed by atoms with Crippen molar-refractivity contribution in [3.63, 3.8) is 0 Å². The Kier molecular flexibility index (Phi) is 7.82. The lowest BCUT2D eigenvalue weighted by Crippen LogP contribution is -2.26. The molecule has 0 saturated carbocycles. The van der Waals surface area contributed by atoms with Crippen molar-refractivity contribution in [3.8, 4) is 0 Å². The summed E-state index contributed by atoms with van der Waals surface area (Å²) in [7, 11) is -0.951. The van der Waals surface area contributed by atoms with E-state index in [2.05, 4.69) is 51.8 Å². The molecule has 0 unspecified atom stereocenters. The van der Waals surface area contributed by atoms with Crippen molar-refractivity contribution in [2.24, 2.45) is 0 Å². The second kappa shape index (κ2) is 7.94. The van der Waals surface area contributed by atoms with Crippen molar-refractivity contribution >= 4 is 8.07 Å². The highest BCUT2D eigenvalue weighted by Crippen LogP contribution is 2.19. The lowest BCUT2D eigenvalue weighted by atomic mass is 10.3. The van der Waals surface area contributed by atoms with Gasteiger partial charge in [-0.15, -0.1) is 0 Å². The monoisotopic (exact) mass is 241 g/mol. The quantitative estimate of drug-likeness (QED) is 0.555. The summed E-state index contributed by atoms with van der Waals surface area (Å²) in [6.45, 7) is 16.5. The van der Waals surface area contributed by atoms with Gasteiger partial charge in [-0.3, -0.25) is 0 Å². The van der Waals surface area contributed by atoms with E-state index >= 15 is 0 Å². The highest BCUT2D eigenvalue weighted by atomic mass is 28.3. The van der Waals surface area contributed by atoms with Crippen LogP contribution in [0.15, 0.2) is 11.8 Å². The first-order valence-electron chi connectivity index (χ1n) is 6.88. The van der Waals surface area contributed by atoms with Crippen molar-refractivity contribution in [1.82, 2.24) is 4.90 Å². The second-order valence-electron chi connectivity index (χ2n) is 5.54. The van der Waals surface area contributed by atoms with Gasteiger partial charge in [0, 0.05) is 18.8 Å². The third kappa shape index (κ3) is 6.36. The normalized spacial score (nSPS) is 13.0. The lowest BCUT2D eigenvalue weighted by molar-refractivity contribution is 0.363. The zero-order chi connectivity index (χ0) is 12.6. The van der Waals surface area contributed by atoms with Crippen LogP contribution in [0.4, 0.5) is 0 Å². The molecule has 96 valence electrons. The van der Waals surface area contributed by atoms with Crippen LogP contribution in [0.5, 0.6) is 0 Å². The van der Waals surface area contributed by atoms with Gasteiger partial charge in [0.05, 0.1) is 8.07 Å². The van der Waals surface area contributed by atoms with Crippen molar-refractivity contribution in [3.05, 3.63) is 11.8 Å². The minimum Gasteiger partial charge on any atom is -0.376 e. The Hall–Kier alpha value is -0.243. The van der Waals surface area contributed by atoms with Gasteiger partial charge in [0.25, 0.3) is 0 Å². The van der Waals surface area contributed by atoms with Crippen molar-refractivity contribution < 1.29 is 0 Å². The van der Waals surface area contributed by atoms with Gasteiger partial charge in [-0.25, -0.2) is 0 Å². The fraction of sp³-hybridized carbons (Fsp3) is 0.857. The third-order valence-corrected chi connectivity index (χ3v) is 6.41. The molecule has 0 heterocycles. The molecule has 0 aromatic rings. The van der Waals surface area contributed by atoms with Crippen LogP contribution in [0.25, 0.3) is 0 Å². The van der Waals surface area contributed by atoms with E-state index < -0.39 is 8.07 Å². The summed E-state index contributed by atoms with van der Waals surface area (Å²) in [4.78, 5) is 2.50. The first kappa shape index (κ1) is 15.8. The smallest absolute Gasteiger partial charge is 0.0511 e. The van der Waals surface area contributed by atoms with E-state index in [9.17, 15) is 0 Å². The fourth-order valence-electron chi connectivity index (χ4n) is 2.19. The van der Waals surface area contributed by atoms with E-state index in [1.165, 1.54) is 37.2 Å². The Labute approximate surface area is 104 Å². The summed E-state index contributed by atoms with van der Waals surface area (Å²) in [5.74, 6) is 0. The standard InChI is InChI=1S/C14H31NSi/c1-7-11-15(9-3)14(4)10-13-16(5,6)12-8-2/h10H,7-9,11-13H2,1-6H3/b14-10-. The molecular formula is C14H31NSi. The minimum absolute atomic E-state index is 0.951. The zero-order valence-corrected chi connectivity index (χ0v) is 13.3. The summed E-state index contributed by atoms with van der Waals surface area (Å²) in [5.41, 5.74) is 1.49. The SMILES string of the molecule is CCCN(CC)/C(C)=C\C[Si](C)(C)CCC. The van der Waals surface area contributed by atoms with Crippen LogP contribution in [-0.2, 0) is 0 Å². The molecule has 0 aromatic heterocycles. The van der Waals surface area contributed by atoms with E-state index in [-0.39, 0.29) is 0 Å². The van der Waals surface area contributed by atoms with E-state index in [1.54, 1.807) is 0 Å². The maximum absolute atomic E-state index is 2.51. The Morgan fingerprint density at radius 3 is 2.19 bits per heavy atom. The van der Waals surface area contributed by atoms with Gasteiger partial charge >= 0.3 is 0 Å². The molecule has 0 bridgehead atoms. The van der Waals surface area contributed by atoms with E-state index in [0.717, 1.165) is 6.54 Å². The topological polar surface area (TPSA) is 3.24 Å². The molecule has 0 aliphatic heterocycles. The van der Waals surface area contributed by atoms with E-state index in [0.29, 0.717) is 0 Å². The number of rotatable bonds is 8. The molecule has 0 radical (unpaired) electrons. The molecular weight excluding hydrogens is 210 g/mol. The Bertz CT molecular complexity index is 209. The van der Waals surface area contributed by atoms with Crippen LogP contribution >= 0.6 is 0 Å². The van der Waals surface area contributed by atoms with Gasteiger partial charge in [-0.1, -0.05) is 45.5 Å². The van der Waals surface area contributed by atoms with Gasteiger partial charge in [0.15, 0.2) is 0 Å². The average Bonchev–Trinajstić information content (AvgIpc) is 2.22. The van der Waals surface area contributed by atoms with Crippen LogP contribution in [0, 0.1) is 0 Å². The molecule has 1 nitrogen and oxygen atoms in total. The van der Waals surface area contributed by atoms with Crippen LogP contribution in [-0.4, -0.2) is 26.1 Å². The molecule has 0 aliphatic rings. The van der Waals surface area contributed by atoms with Crippen LogP contribution < -0.4 is 0 Å². The number of hydrogen-bond donors (Lipinski definition) is 0. The van der Waals surface area contributed by atoms with Crippen LogP contribution in [0.3, 0.4) is 0 Å². The van der Waals surface area contributed by atoms with Crippen molar-refractivity contribution in [1.29, 1.82) is 0 Å². The predicted molar refractivity (Wildman–Crippen MR) is 78.7 cm³/mol. The first-order valence-corrected chi connectivity index (χ1v) is 10.3. The van der Waals surface area contributed by atoms with E-state index in [1.807, 2.05) is 0 Å². The highest BCUT2D eigenvalue weighted by Gasteiger charge is 2.17. The third-order valence-electron chi connectivity index (χ3n) is 3.25. The van der Waals surface area contributed by atoms with Gasteiger partial charge in [-0.2, -0.15) is 0 Å². The lowest BCUT2D eigenvalue weighted by Gasteiger charge is -2.25. The molecule has 0 saturated heterocycles. The minimum atomic E-state index is -0.951. The Morgan fingerprint density at radius 2 is 1.75 bits per heavy atom. The molecule has 0 amide bonds. The van der Waals surface area contributed by atoms with Crippen LogP contribution in [0.2, 0.25) is 25.2 Å². The Morgan fingerprint density at radius 1 is 1.12 bits per heavy atom. The summed E-state index contributed by atoms with van der Waals surface area (Å²) in [6.07, 6.45) is 5.08. The van der Waals surface area contributed by atoms with Gasteiger partial charge in [0.1, 0.15) is 0 Å². The summed E-state index contributed by atoms with van der Waals surface area (Å²) in [5, 5.41) is 0. The largest absolute Gasteiger partial charge is 0.376 e. The highest BCUT2D eigenvalue weighted by molar-refractivity contribution is 6.77. The molecule has 0 aliphatic carbocycles. The summed E-state index contributed by atoms with van der Waals surface area (Å²) in [6, 6.07) is 2.80. The van der Waals surface area contributed by atoms with Gasteiger partial charge in [0.2, 0.25) is 0 Å². The molecule has 16 heavy (non-hydrogen) atoms. The number of hydrogen-bond acceptors (Lipinski definition) is 1. The zero-order valence-electron chi connectivity index (χ0n) is 12.3. The maximum Gasteiger partial charge on any atom is 0.0511 e. The molecule has 0 aromatic carbocycles. The predicted octanol–water partition coefficient (Wildman–Crippen LogP) is 4.74. The molecule has 0 spiro atoms. The summed E-state index contributed by atoms with van der Waals surface area (Å²) >= 11 is 0. The second-order valence-corrected chi connectivity index (χ2v) is 10.8. The van der Waals surface area contributed by atoms with Crippen molar-refractivity contribution in [2.75, 3.05) is 13.1 Å². The average molecular weight is 241 g/mol. The number of allylic oxidation sites excluding steroid dienone is 2. The van der Waals surface area contributed by atoms with Gasteiger partial charge < -0.3 is 4.90 Å². The van der Waals surface area contributed by atoms with Crippen molar-refractivity contribution in [2.45, 2.75) is 65.7 Å². The Balaban J connectivity index is 4.29. The van der Waals surface area contributed by atoms with E-state index in [4.69, 9.17) is 0 Å². The maximum atomic E-state index is 2.51. The number of nitrogens with zero attached hydrogens (tertiary/aromatic N) is 1. The van der Waals surface area contributed by atoms with Crippen LogP contribution in [0.1, 0.15) is 40.5 Å². The van der Waals surface area contributed by atoms with Gasteiger partial charge in [-0.05, 0) is 26.3 Å². The molecule has 0 N–H and O–H groups in total. The first-order chi connectivity index (χ1) is 7.46. The molecule has 0 atom stereocenters. The molecule has 0 rings (SSSR count). The summed E-state index contributed by atoms with van der Waals surface area (Å²) < 4.78 is 0.